The number of esters is 1. The van der Waals surface area contributed by atoms with Crippen LogP contribution in [0.5, 0.6) is 0 Å². The van der Waals surface area contributed by atoms with E-state index < -0.39 is 11.9 Å². The van der Waals surface area contributed by atoms with Crippen molar-refractivity contribution in [2.45, 2.75) is 6.92 Å². The Morgan fingerprint density at radius 1 is 1.40 bits per heavy atom. The van der Waals surface area contributed by atoms with Gasteiger partial charge in [-0.05, 0) is 19.1 Å². The zero-order valence-corrected chi connectivity index (χ0v) is 12.0. The molecule has 0 aromatic carbocycles. The molecule has 0 bridgehead atoms. The molecule has 1 N–H and O–H groups in total. The van der Waals surface area contributed by atoms with Gasteiger partial charge >= 0.3 is 11.9 Å². The average Bonchev–Trinajstić information content (AvgIpc) is 3.05. The molecule has 0 radical (unpaired) electrons. The maximum atomic E-state index is 11.7. The fraction of sp³-hybridized carbons (Fsp3) is 0.167. The van der Waals surface area contributed by atoms with Crippen LogP contribution in [0.15, 0.2) is 10.9 Å². The molecule has 0 saturated carbocycles. The molecule has 20 heavy (non-hydrogen) atoms. The molecular weight excluding hydrogens is 300 g/mol. The number of rotatable bonds is 5. The van der Waals surface area contributed by atoms with E-state index in [0.717, 1.165) is 0 Å². The molecule has 2 aromatic heterocycles. The summed E-state index contributed by atoms with van der Waals surface area (Å²) in [7, 11) is 0. The van der Waals surface area contributed by atoms with Gasteiger partial charge in [0.2, 0.25) is 0 Å². The summed E-state index contributed by atoms with van der Waals surface area (Å²) >= 11 is 2.40. The highest BCUT2D eigenvalue weighted by Gasteiger charge is 2.14. The van der Waals surface area contributed by atoms with Gasteiger partial charge in [-0.25, -0.2) is 19.6 Å². The molecule has 0 amide bonds. The minimum atomic E-state index is -1.07. The van der Waals surface area contributed by atoms with Crippen molar-refractivity contribution in [3.05, 3.63) is 32.2 Å². The van der Waals surface area contributed by atoms with Gasteiger partial charge < -0.3 is 9.84 Å². The largest absolute Gasteiger partial charge is 0.476 e. The number of ether oxygens (including phenoxy) is 1. The van der Waals surface area contributed by atoms with Crippen molar-refractivity contribution in [3.8, 4) is 0 Å². The predicted octanol–water partition coefficient (Wildman–Crippen LogP) is 2.64. The smallest absolute Gasteiger partial charge is 0.355 e. The number of carbonyl (C=O) groups is 2. The van der Waals surface area contributed by atoms with Crippen molar-refractivity contribution >= 4 is 46.8 Å². The second-order valence-corrected chi connectivity index (χ2v) is 5.24. The van der Waals surface area contributed by atoms with Crippen molar-refractivity contribution in [3.63, 3.8) is 0 Å². The number of nitrogens with zero attached hydrogens (tertiary/aromatic N) is 2. The summed E-state index contributed by atoms with van der Waals surface area (Å²) in [5.41, 5.74) is 2.04. The van der Waals surface area contributed by atoms with Crippen molar-refractivity contribution in [1.82, 2.24) is 9.97 Å². The molecule has 6 nitrogen and oxygen atoms in total. The Bertz CT molecular complexity index is 660. The Hall–Kier alpha value is -2.06. The van der Waals surface area contributed by atoms with Crippen LogP contribution >= 0.6 is 22.7 Å². The molecule has 0 fully saturated rings. The highest BCUT2D eigenvalue weighted by molar-refractivity contribution is 7.12. The van der Waals surface area contributed by atoms with Crippen LogP contribution in [0.25, 0.3) is 12.2 Å². The second kappa shape index (κ2) is 6.40. The average molecular weight is 310 g/mol. The van der Waals surface area contributed by atoms with Crippen molar-refractivity contribution < 1.29 is 19.4 Å². The van der Waals surface area contributed by atoms with E-state index >= 15 is 0 Å². The van der Waals surface area contributed by atoms with Crippen LogP contribution in [0.4, 0.5) is 0 Å². The molecule has 0 aliphatic carbocycles. The van der Waals surface area contributed by atoms with Crippen LogP contribution in [0, 0.1) is 0 Å². The number of hydrogen-bond acceptors (Lipinski definition) is 7. The van der Waals surface area contributed by atoms with Crippen LogP contribution in [0.1, 0.15) is 37.8 Å². The number of carboxylic acids is 1. The van der Waals surface area contributed by atoms with E-state index in [2.05, 4.69) is 9.97 Å². The van der Waals surface area contributed by atoms with E-state index in [1.807, 2.05) is 0 Å². The number of aromatic carboxylic acids is 1. The third-order valence-electron chi connectivity index (χ3n) is 2.18. The topological polar surface area (TPSA) is 89.4 Å². The van der Waals surface area contributed by atoms with E-state index in [-0.39, 0.29) is 5.69 Å². The summed E-state index contributed by atoms with van der Waals surface area (Å²) in [6.45, 7) is 2.03. The van der Waals surface area contributed by atoms with Gasteiger partial charge in [0.25, 0.3) is 0 Å². The van der Waals surface area contributed by atoms with E-state index in [1.54, 1.807) is 24.6 Å². The van der Waals surface area contributed by atoms with Gasteiger partial charge in [0.05, 0.1) is 17.8 Å². The van der Waals surface area contributed by atoms with E-state index in [4.69, 9.17) is 9.84 Å². The van der Waals surface area contributed by atoms with Crippen LogP contribution in [0.3, 0.4) is 0 Å². The van der Waals surface area contributed by atoms with E-state index in [0.29, 0.717) is 22.2 Å². The lowest BCUT2D eigenvalue weighted by atomic mass is 10.3. The van der Waals surface area contributed by atoms with Gasteiger partial charge in [-0.15, -0.1) is 22.7 Å². The highest BCUT2D eigenvalue weighted by Crippen LogP contribution is 2.19. The third kappa shape index (κ3) is 3.28. The van der Waals surface area contributed by atoms with E-state index in [9.17, 15) is 9.59 Å². The quantitative estimate of drug-likeness (QED) is 0.854. The van der Waals surface area contributed by atoms with Gasteiger partial charge in [-0.1, -0.05) is 0 Å². The van der Waals surface area contributed by atoms with Crippen molar-refractivity contribution in [2.24, 2.45) is 0 Å². The maximum absolute atomic E-state index is 11.7. The summed E-state index contributed by atoms with van der Waals surface area (Å²) in [6.07, 6.45) is 3.24. The highest BCUT2D eigenvalue weighted by atomic mass is 32.1. The zero-order chi connectivity index (χ0) is 14.5. The summed E-state index contributed by atoms with van der Waals surface area (Å²) in [5.74, 6) is -1.48. The molecular formula is C12H10N2O4S2. The van der Waals surface area contributed by atoms with Gasteiger partial charge in [0.15, 0.2) is 5.69 Å². The number of carboxylic acid groups (broad SMARTS) is 1. The van der Waals surface area contributed by atoms with Gasteiger partial charge in [0.1, 0.15) is 9.88 Å². The van der Waals surface area contributed by atoms with Crippen molar-refractivity contribution in [2.75, 3.05) is 6.61 Å². The van der Waals surface area contributed by atoms with Gasteiger partial charge in [-0.2, -0.15) is 0 Å². The third-order valence-corrected chi connectivity index (χ3v) is 3.81. The molecule has 0 spiro atoms. The lowest BCUT2D eigenvalue weighted by molar-refractivity contribution is 0.0531. The lowest BCUT2D eigenvalue weighted by Crippen LogP contribution is -2.03. The first-order valence-electron chi connectivity index (χ1n) is 5.59. The normalized spacial score (nSPS) is 10.8. The molecule has 0 saturated heterocycles. The first-order valence-corrected chi connectivity index (χ1v) is 7.35. The fourth-order valence-electron chi connectivity index (χ4n) is 1.34. The van der Waals surface area contributed by atoms with Gasteiger partial charge in [-0.3, -0.25) is 0 Å². The molecule has 0 aliphatic heterocycles. The SMILES string of the molecule is CCOC(=O)c1scnc1/C=C/c1nc(C(=O)O)cs1. The first kappa shape index (κ1) is 14.4. The molecule has 2 aromatic rings. The molecule has 104 valence electrons. The van der Waals surface area contributed by atoms with Gasteiger partial charge in [0, 0.05) is 5.38 Å². The fourth-order valence-corrected chi connectivity index (χ4v) is 2.69. The number of aromatic nitrogens is 2. The molecule has 0 atom stereocenters. The van der Waals surface area contributed by atoms with Crippen LogP contribution in [-0.4, -0.2) is 33.6 Å². The molecule has 0 unspecified atom stereocenters. The monoisotopic (exact) mass is 310 g/mol. The molecule has 0 aliphatic rings. The minimum absolute atomic E-state index is 0.00135. The minimum Gasteiger partial charge on any atom is -0.476 e. The second-order valence-electron chi connectivity index (χ2n) is 3.50. The summed E-state index contributed by atoms with van der Waals surface area (Å²) in [5, 5.41) is 10.8. The summed E-state index contributed by atoms with van der Waals surface area (Å²) in [6, 6.07) is 0. The standard InChI is InChI=1S/C12H10N2O4S2/c1-2-18-12(17)10-7(13-6-20-10)3-4-9-14-8(5-19-9)11(15)16/h3-6H,2H2,1H3,(H,15,16)/b4-3+. The Kier molecular flexibility index (Phi) is 4.59. The predicted molar refractivity (Wildman–Crippen MR) is 76.1 cm³/mol. The van der Waals surface area contributed by atoms with Crippen LogP contribution < -0.4 is 0 Å². The molecule has 2 heterocycles. The Morgan fingerprint density at radius 2 is 2.20 bits per heavy atom. The number of hydrogen-bond donors (Lipinski definition) is 1. The summed E-state index contributed by atoms with van der Waals surface area (Å²) < 4.78 is 4.92. The number of thiazole rings is 2. The molecule has 8 heteroatoms. The maximum Gasteiger partial charge on any atom is 0.355 e. The van der Waals surface area contributed by atoms with Crippen molar-refractivity contribution in [1.29, 1.82) is 0 Å². The van der Waals surface area contributed by atoms with Crippen LogP contribution in [-0.2, 0) is 4.74 Å². The first-order chi connectivity index (χ1) is 9.61. The number of carbonyl (C=O) groups excluding carboxylic acids is 1. The Morgan fingerprint density at radius 3 is 2.85 bits per heavy atom. The molecule has 2 rings (SSSR count). The van der Waals surface area contributed by atoms with Crippen LogP contribution in [0.2, 0.25) is 0 Å². The zero-order valence-electron chi connectivity index (χ0n) is 10.4. The van der Waals surface area contributed by atoms with E-state index in [1.165, 1.54) is 28.1 Å². The Labute approximate surface area is 122 Å². The lowest BCUT2D eigenvalue weighted by Gasteiger charge is -1.98. The Balaban J connectivity index is 2.17. The summed E-state index contributed by atoms with van der Waals surface area (Å²) in [4.78, 5) is 30.8.